The zero-order chi connectivity index (χ0) is 10.8. The summed E-state index contributed by atoms with van der Waals surface area (Å²) in [6.07, 6.45) is 4.25. The summed E-state index contributed by atoms with van der Waals surface area (Å²) in [6, 6.07) is 2.12. The molecular formula is C11H17N3O. The molecule has 1 saturated heterocycles. The van der Waals surface area contributed by atoms with Gasteiger partial charge in [-0.05, 0) is 32.8 Å². The Morgan fingerprint density at radius 2 is 2.00 bits per heavy atom. The maximum atomic E-state index is 11.7. The quantitative estimate of drug-likeness (QED) is 0.736. The van der Waals surface area contributed by atoms with Crippen molar-refractivity contribution in [1.82, 2.24) is 9.55 Å². The van der Waals surface area contributed by atoms with Gasteiger partial charge in [-0.3, -0.25) is 4.57 Å². The lowest BCUT2D eigenvalue weighted by Crippen LogP contribution is -2.28. The molecule has 0 aliphatic carbocycles. The van der Waals surface area contributed by atoms with Crippen LogP contribution in [-0.4, -0.2) is 22.6 Å². The second kappa shape index (κ2) is 4.04. The van der Waals surface area contributed by atoms with Crippen LogP contribution in [0.2, 0.25) is 0 Å². The normalized spacial score (nSPS) is 16.3. The van der Waals surface area contributed by atoms with E-state index in [2.05, 4.69) is 9.88 Å². The van der Waals surface area contributed by atoms with E-state index in [-0.39, 0.29) is 11.7 Å². The van der Waals surface area contributed by atoms with Crippen molar-refractivity contribution in [2.75, 3.05) is 18.0 Å². The molecular weight excluding hydrogens is 190 g/mol. The minimum absolute atomic E-state index is 0.144. The molecule has 1 aliphatic heterocycles. The molecule has 1 aliphatic rings. The Bertz CT molecular complexity index is 391. The number of nitrogens with zero attached hydrogens (tertiary/aromatic N) is 3. The summed E-state index contributed by atoms with van der Waals surface area (Å²) < 4.78 is 1.65. The number of hydrogen-bond acceptors (Lipinski definition) is 3. The van der Waals surface area contributed by atoms with Crippen LogP contribution in [0.15, 0.2) is 17.1 Å². The minimum Gasteiger partial charge on any atom is -0.356 e. The van der Waals surface area contributed by atoms with Crippen LogP contribution >= 0.6 is 0 Å². The van der Waals surface area contributed by atoms with E-state index in [1.165, 1.54) is 12.8 Å². The Labute approximate surface area is 89.6 Å². The van der Waals surface area contributed by atoms with Crippen LogP contribution in [0.1, 0.15) is 32.7 Å². The van der Waals surface area contributed by atoms with Gasteiger partial charge in [0, 0.05) is 25.3 Å². The second-order valence-electron chi connectivity index (χ2n) is 4.26. The maximum absolute atomic E-state index is 11.7. The van der Waals surface area contributed by atoms with E-state index in [4.69, 9.17) is 0 Å². The fourth-order valence-corrected chi connectivity index (χ4v) is 1.92. The first-order valence-electron chi connectivity index (χ1n) is 5.52. The monoisotopic (exact) mass is 207 g/mol. The van der Waals surface area contributed by atoms with Gasteiger partial charge in [0.25, 0.3) is 0 Å². The van der Waals surface area contributed by atoms with Gasteiger partial charge in [-0.15, -0.1) is 0 Å². The summed E-state index contributed by atoms with van der Waals surface area (Å²) in [5.74, 6) is 0.828. The Morgan fingerprint density at radius 3 is 2.53 bits per heavy atom. The Morgan fingerprint density at radius 1 is 1.33 bits per heavy atom. The number of rotatable bonds is 2. The van der Waals surface area contributed by atoms with Crippen molar-refractivity contribution < 1.29 is 0 Å². The summed E-state index contributed by atoms with van der Waals surface area (Å²) in [4.78, 5) is 17.9. The second-order valence-corrected chi connectivity index (χ2v) is 4.26. The third kappa shape index (κ3) is 2.03. The molecule has 0 N–H and O–H groups in total. The fourth-order valence-electron chi connectivity index (χ4n) is 1.92. The van der Waals surface area contributed by atoms with Gasteiger partial charge in [-0.2, -0.15) is 4.98 Å². The summed E-state index contributed by atoms with van der Waals surface area (Å²) in [6.45, 7) is 6.02. The highest BCUT2D eigenvalue weighted by Gasteiger charge is 2.14. The molecule has 0 unspecified atom stereocenters. The zero-order valence-electron chi connectivity index (χ0n) is 9.31. The first-order chi connectivity index (χ1) is 7.18. The molecule has 0 amide bonds. The van der Waals surface area contributed by atoms with Crippen molar-refractivity contribution in [3.05, 3.63) is 22.7 Å². The van der Waals surface area contributed by atoms with Crippen LogP contribution in [0, 0.1) is 0 Å². The standard InChI is InChI=1S/C11H17N3O/c1-9(2)14-8-5-10(12-11(14)15)13-6-3-4-7-13/h5,8-9H,3-4,6-7H2,1-2H3. The molecule has 0 atom stereocenters. The minimum atomic E-state index is -0.144. The van der Waals surface area contributed by atoms with Crippen molar-refractivity contribution in [3.8, 4) is 0 Å². The molecule has 0 aromatic carbocycles. The Balaban J connectivity index is 2.28. The summed E-state index contributed by atoms with van der Waals surface area (Å²) >= 11 is 0. The molecule has 82 valence electrons. The lowest BCUT2D eigenvalue weighted by atomic mass is 10.4. The summed E-state index contributed by atoms with van der Waals surface area (Å²) in [5, 5.41) is 0. The van der Waals surface area contributed by atoms with E-state index in [1.54, 1.807) is 4.57 Å². The molecule has 1 aromatic heterocycles. The highest BCUT2D eigenvalue weighted by Crippen LogP contribution is 2.15. The van der Waals surface area contributed by atoms with Crippen LogP contribution in [-0.2, 0) is 0 Å². The van der Waals surface area contributed by atoms with E-state index in [9.17, 15) is 4.79 Å². The molecule has 4 nitrogen and oxygen atoms in total. The molecule has 2 heterocycles. The lowest BCUT2D eigenvalue weighted by Gasteiger charge is -2.17. The van der Waals surface area contributed by atoms with Crippen LogP contribution in [0.5, 0.6) is 0 Å². The van der Waals surface area contributed by atoms with Crippen LogP contribution in [0.25, 0.3) is 0 Å². The van der Waals surface area contributed by atoms with Gasteiger partial charge in [0.2, 0.25) is 0 Å². The molecule has 15 heavy (non-hydrogen) atoms. The average Bonchev–Trinajstić information content (AvgIpc) is 2.69. The van der Waals surface area contributed by atoms with Gasteiger partial charge < -0.3 is 4.90 Å². The maximum Gasteiger partial charge on any atom is 0.349 e. The summed E-state index contributed by atoms with van der Waals surface area (Å²) in [7, 11) is 0. The van der Waals surface area contributed by atoms with Crippen LogP contribution in [0.3, 0.4) is 0 Å². The number of aromatic nitrogens is 2. The molecule has 1 fully saturated rings. The van der Waals surface area contributed by atoms with Gasteiger partial charge in [0.15, 0.2) is 0 Å². The largest absolute Gasteiger partial charge is 0.356 e. The van der Waals surface area contributed by atoms with Gasteiger partial charge in [0.1, 0.15) is 5.82 Å². The number of hydrogen-bond donors (Lipinski definition) is 0. The smallest absolute Gasteiger partial charge is 0.349 e. The van der Waals surface area contributed by atoms with E-state index in [0.29, 0.717) is 0 Å². The third-order valence-corrected chi connectivity index (χ3v) is 2.80. The summed E-state index contributed by atoms with van der Waals surface area (Å²) in [5.41, 5.74) is -0.144. The molecule has 2 rings (SSSR count). The molecule has 4 heteroatoms. The SMILES string of the molecule is CC(C)n1ccc(N2CCCC2)nc1=O. The highest BCUT2D eigenvalue weighted by molar-refractivity contribution is 5.37. The highest BCUT2D eigenvalue weighted by atomic mass is 16.1. The number of anilines is 1. The topological polar surface area (TPSA) is 38.1 Å². The fraction of sp³-hybridized carbons (Fsp3) is 0.636. The van der Waals surface area contributed by atoms with Gasteiger partial charge in [-0.1, -0.05) is 0 Å². The molecule has 0 bridgehead atoms. The van der Waals surface area contributed by atoms with Gasteiger partial charge >= 0.3 is 5.69 Å². The van der Waals surface area contributed by atoms with Crippen molar-refractivity contribution in [3.63, 3.8) is 0 Å². The van der Waals surface area contributed by atoms with Crippen LogP contribution < -0.4 is 10.6 Å². The van der Waals surface area contributed by atoms with Gasteiger partial charge in [0.05, 0.1) is 0 Å². The molecule has 0 radical (unpaired) electrons. The average molecular weight is 207 g/mol. The first kappa shape index (κ1) is 10.2. The molecule has 1 aromatic rings. The predicted octanol–water partition coefficient (Wildman–Crippen LogP) is 1.42. The van der Waals surface area contributed by atoms with Crippen molar-refractivity contribution in [2.24, 2.45) is 0 Å². The first-order valence-corrected chi connectivity index (χ1v) is 5.52. The van der Waals surface area contributed by atoms with Crippen molar-refractivity contribution in [2.45, 2.75) is 32.7 Å². The molecule has 0 saturated carbocycles. The van der Waals surface area contributed by atoms with E-state index in [1.807, 2.05) is 26.1 Å². The van der Waals surface area contributed by atoms with Crippen molar-refractivity contribution >= 4 is 5.82 Å². The third-order valence-electron chi connectivity index (χ3n) is 2.80. The van der Waals surface area contributed by atoms with Crippen molar-refractivity contribution in [1.29, 1.82) is 0 Å². The zero-order valence-corrected chi connectivity index (χ0v) is 9.31. The van der Waals surface area contributed by atoms with Crippen LogP contribution in [0.4, 0.5) is 5.82 Å². The Hall–Kier alpha value is -1.32. The predicted molar refractivity (Wildman–Crippen MR) is 60.3 cm³/mol. The van der Waals surface area contributed by atoms with E-state index in [0.717, 1.165) is 18.9 Å². The molecule has 0 spiro atoms. The lowest BCUT2D eigenvalue weighted by molar-refractivity contribution is 0.563. The van der Waals surface area contributed by atoms with Gasteiger partial charge in [-0.25, -0.2) is 4.79 Å². The van der Waals surface area contributed by atoms with E-state index < -0.39 is 0 Å². The Kier molecular flexibility index (Phi) is 2.75. The van der Waals surface area contributed by atoms with E-state index >= 15 is 0 Å².